The minimum atomic E-state index is -1.02. The van der Waals surface area contributed by atoms with E-state index in [1.165, 1.54) is 19.2 Å². The van der Waals surface area contributed by atoms with E-state index in [9.17, 15) is 14.4 Å². The molecule has 7 nitrogen and oxygen atoms in total. The smallest absolute Gasteiger partial charge is 0.335 e. The molecule has 0 fully saturated rings. The summed E-state index contributed by atoms with van der Waals surface area (Å²) in [5.41, 5.74) is 0.945. The molecule has 0 bridgehead atoms. The highest BCUT2D eigenvalue weighted by Gasteiger charge is 2.10. The molecule has 0 atom stereocenters. The van der Waals surface area contributed by atoms with Crippen LogP contribution in [0.15, 0.2) is 18.2 Å². The van der Waals surface area contributed by atoms with E-state index in [0.717, 1.165) is 12.0 Å². The molecule has 1 aromatic rings. The topological polar surface area (TPSA) is 105 Å². The zero-order valence-electron chi connectivity index (χ0n) is 13.3. The Balaban J connectivity index is 2.44. The molecule has 0 aromatic heterocycles. The number of carboxylic acids is 1. The molecule has 1 rings (SSSR count). The Morgan fingerprint density at radius 3 is 2.52 bits per heavy atom. The standard InChI is InChI=1S/C16H22N2O5/c1-3-4-14(19)18-10-15(20)17-8-7-11-5-6-12(16(21)22)9-13(11)23-2/h5-6,9H,3-4,7-8,10H2,1-2H3,(H,17,20)(H,18,19)(H,21,22). The fourth-order valence-electron chi connectivity index (χ4n) is 1.98. The van der Waals surface area contributed by atoms with Gasteiger partial charge in [-0.3, -0.25) is 9.59 Å². The maximum absolute atomic E-state index is 11.6. The molecule has 0 aliphatic heterocycles. The second kappa shape index (κ2) is 9.45. The summed E-state index contributed by atoms with van der Waals surface area (Å²) in [5.74, 6) is -0.967. The third-order valence-corrected chi connectivity index (χ3v) is 3.17. The van der Waals surface area contributed by atoms with Crippen LogP contribution in [-0.4, -0.2) is 43.1 Å². The van der Waals surface area contributed by atoms with Crippen molar-refractivity contribution in [2.45, 2.75) is 26.2 Å². The van der Waals surface area contributed by atoms with Crippen molar-refractivity contribution >= 4 is 17.8 Å². The van der Waals surface area contributed by atoms with Gasteiger partial charge in [-0.05, 0) is 30.5 Å². The van der Waals surface area contributed by atoms with Crippen molar-refractivity contribution in [3.8, 4) is 5.75 Å². The first-order valence-electron chi connectivity index (χ1n) is 7.41. The number of carbonyl (C=O) groups excluding carboxylic acids is 2. The van der Waals surface area contributed by atoms with Crippen LogP contribution >= 0.6 is 0 Å². The molecular weight excluding hydrogens is 300 g/mol. The zero-order chi connectivity index (χ0) is 17.2. The van der Waals surface area contributed by atoms with Crippen LogP contribution in [0.2, 0.25) is 0 Å². The van der Waals surface area contributed by atoms with Gasteiger partial charge in [0.05, 0.1) is 19.2 Å². The van der Waals surface area contributed by atoms with Gasteiger partial charge in [0.2, 0.25) is 11.8 Å². The summed E-state index contributed by atoms with van der Waals surface area (Å²) in [4.78, 5) is 33.8. The summed E-state index contributed by atoms with van der Waals surface area (Å²) in [7, 11) is 1.46. The van der Waals surface area contributed by atoms with Crippen molar-refractivity contribution in [3.05, 3.63) is 29.3 Å². The third-order valence-electron chi connectivity index (χ3n) is 3.17. The lowest BCUT2D eigenvalue weighted by Crippen LogP contribution is -2.37. The predicted octanol–water partition coefficient (Wildman–Crippen LogP) is 0.968. The normalized spacial score (nSPS) is 10.0. The second-order valence-corrected chi connectivity index (χ2v) is 4.96. The van der Waals surface area contributed by atoms with Gasteiger partial charge < -0.3 is 20.5 Å². The number of benzene rings is 1. The van der Waals surface area contributed by atoms with Crippen molar-refractivity contribution in [2.75, 3.05) is 20.2 Å². The van der Waals surface area contributed by atoms with E-state index >= 15 is 0 Å². The minimum Gasteiger partial charge on any atom is -0.496 e. The molecule has 3 N–H and O–H groups in total. The highest BCUT2D eigenvalue weighted by Crippen LogP contribution is 2.20. The lowest BCUT2D eigenvalue weighted by molar-refractivity contribution is -0.126. The summed E-state index contributed by atoms with van der Waals surface area (Å²) in [6, 6.07) is 4.61. The van der Waals surface area contributed by atoms with Crippen molar-refractivity contribution < 1.29 is 24.2 Å². The van der Waals surface area contributed by atoms with Crippen LogP contribution in [0, 0.1) is 0 Å². The quantitative estimate of drug-likeness (QED) is 0.628. The van der Waals surface area contributed by atoms with Crippen molar-refractivity contribution in [2.24, 2.45) is 0 Å². The average Bonchev–Trinajstić information content (AvgIpc) is 2.53. The number of carbonyl (C=O) groups is 3. The first-order chi connectivity index (χ1) is 11.0. The van der Waals surface area contributed by atoms with E-state index in [-0.39, 0.29) is 23.9 Å². The first kappa shape index (κ1) is 18.5. The SMILES string of the molecule is CCCC(=O)NCC(=O)NCCc1ccc(C(=O)O)cc1OC. The van der Waals surface area contributed by atoms with Gasteiger partial charge in [-0.1, -0.05) is 13.0 Å². The van der Waals surface area contributed by atoms with Gasteiger partial charge in [0.1, 0.15) is 5.75 Å². The van der Waals surface area contributed by atoms with E-state index in [0.29, 0.717) is 25.1 Å². The number of carboxylic acid groups (broad SMARTS) is 1. The molecule has 126 valence electrons. The molecule has 0 aliphatic carbocycles. The summed E-state index contributed by atoms with van der Waals surface area (Å²) in [6.07, 6.45) is 1.64. The molecule has 0 aliphatic rings. The molecule has 0 radical (unpaired) electrons. The van der Waals surface area contributed by atoms with Gasteiger partial charge in [-0.25, -0.2) is 4.79 Å². The number of hydrogen-bond acceptors (Lipinski definition) is 4. The monoisotopic (exact) mass is 322 g/mol. The molecule has 0 unspecified atom stereocenters. The summed E-state index contributed by atoms with van der Waals surface area (Å²) in [5, 5.41) is 14.2. The van der Waals surface area contributed by atoms with Crippen LogP contribution in [0.3, 0.4) is 0 Å². The van der Waals surface area contributed by atoms with Gasteiger partial charge in [0.15, 0.2) is 0 Å². The Hall–Kier alpha value is -2.57. The van der Waals surface area contributed by atoms with E-state index in [1.54, 1.807) is 6.07 Å². The molecule has 7 heteroatoms. The lowest BCUT2D eigenvalue weighted by Gasteiger charge is -2.10. The molecule has 0 heterocycles. The van der Waals surface area contributed by atoms with Gasteiger partial charge >= 0.3 is 5.97 Å². The van der Waals surface area contributed by atoms with Crippen molar-refractivity contribution in [1.29, 1.82) is 0 Å². The maximum atomic E-state index is 11.6. The highest BCUT2D eigenvalue weighted by molar-refractivity contribution is 5.88. The zero-order valence-corrected chi connectivity index (χ0v) is 13.3. The molecular formula is C16H22N2O5. The number of nitrogens with one attached hydrogen (secondary N) is 2. The molecule has 0 saturated carbocycles. The van der Waals surface area contributed by atoms with Crippen molar-refractivity contribution in [3.63, 3.8) is 0 Å². The number of hydrogen-bond donors (Lipinski definition) is 3. The van der Waals surface area contributed by atoms with E-state index < -0.39 is 5.97 Å². The summed E-state index contributed by atoms with van der Waals surface area (Å²) >= 11 is 0. The Labute approximate surface area is 135 Å². The van der Waals surface area contributed by atoms with Gasteiger partial charge in [-0.2, -0.15) is 0 Å². The average molecular weight is 322 g/mol. The lowest BCUT2D eigenvalue weighted by atomic mass is 10.1. The largest absolute Gasteiger partial charge is 0.496 e. The number of rotatable bonds is 9. The van der Waals surface area contributed by atoms with Gasteiger partial charge in [0, 0.05) is 13.0 Å². The molecule has 2 amide bonds. The number of aromatic carboxylic acids is 1. The summed E-state index contributed by atoms with van der Waals surface area (Å²) in [6.45, 7) is 2.21. The molecule has 0 spiro atoms. The van der Waals surface area contributed by atoms with Crippen molar-refractivity contribution in [1.82, 2.24) is 10.6 Å². The Morgan fingerprint density at radius 1 is 1.17 bits per heavy atom. The maximum Gasteiger partial charge on any atom is 0.335 e. The molecule has 1 aromatic carbocycles. The van der Waals surface area contributed by atoms with Crippen LogP contribution in [0.4, 0.5) is 0 Å². The van der Waals surface area contributed by atoms with Crippen LogP contribution in [-0.2, 0) is 16.0 Å². The van der Waals surface area contributed by atoms with Gasteiger partial charge in [0.25, 0.3) is 0 Å². The minimum absolute atomic E-state index is 0.0477. The Kier molecular flexibility index (Phi) is 7.59. The predicted molar refractivity (Wildman–Crippen MR) is 84.6 cm³/mol. The molecule has 0 saturated heterocycles. The highest BCUT2D eigenvalue weighted by atomic mass is 16.5. The van der Waals surface area contributed by atoms with E-state index in [4.69, 9.17) is 9.84 Å². The fourth-order valence-corrected chi connectivity index (χ4v) is 1.98. The van der Waals surface area contributed by atoms with E-state index in [2.05, 4.69) is 10.6 Å². The summed E-state index contributed by atoms with van der Waals surface area (Å²) < 4.78 is 5.17. The Bertz CT molecular complexity index is 572. The van der Waals surface area contributed by atoms with Crippen LogP contribution < -0.4 is 15.4 Å². The fraction of sp³-hybridized carbons (Fsp3) is 0.438. The number of methoxy groups -OCH3 is 1. The molecule has 23 heavy (non-hydrogen) atoms. The van der Waals surface area contributed by atoms with Gasteiger partial charge in [-0.15, -0.1) is 0 Å². The third kappa shape index (κ3) is 6.37. The second-order valence-electron chi connectivity index (χ2n) is 4.96. The number of amides is 2. The van der Waals surface area contributed by atoms with Crippen LogP contribution in [0.1, 0.15) is 35.7 Å². The van der Waals surface area contributed by atoms with E-state index in [1.807, 2.05) is 6.92 Å². The van der Waals surface area contributed by atoms with Crippen LogP contribution in [0.5, 0.6) is 5.75 Å². The first-order valence-corrected chi connectivity index (χ1v) is 7.41. The van der Waals surface area contributed by atoms with Crippen LogP contribution in [0.25, 0.3) is 0 Å². The number of ether oxygens (including phenoxy) is 1. The Morgan fingerprint density at radius 2 is 1.91 bits per heavy atom.